The molecular formula is C23H23F3N4O2. The molecule has 9 heteroatoms. The van der Waals surface area contributed by atoms with Crippen LogP contribution < -0.4 is 4.74 Å². The third-order valence-corrected chi connectivity index (χ3v) is 5.47. The number of ether oxygens (including phenoxy) is 1. The monoisotopic (exact) mass is 444 g/mol. The predicted molar refractivity (Wildman–Crippen MR) is 112 cm³/mol. The number of nitrogens with zero attached hydrogens (tertiary/aromatic N) is 4. The van der Waals surface area contributed by atoms with Crippen molar-refractivity contribution in [1.82, 2.24) is 19.7 Å². The molecule has 4 rings (SSSR count). The normalized spacial score (nSPS) is 15.1. The van der Waals surface area contributed by atoms with Crippen LogP contribution in [-0.4, -0.2) is 44.8 Å². The smallest absolute Gasteiger partial charge is 0.391 e. The van der Waals surface area contributed by atoms with Crippen LogP contribution in [0.15, 0.2) is 54.9 Å². The van der Waals surface area contributed by atoms with Gasteiger partial charge in [0.05, 0.1) is 17.7 Å². The maximum atomic E-state index is 12.9. The van der Waals surface area contributed by atoms with Gasteiger partial charge in [-0.1, -0.05) is 30.3 Å². The van der Waals surface area contributed by atoms with E-state index in [-0.39, 0.29) is 31.8 Å². The summed E-state index contributed by atoms with van der Waals surface area (Å²) < 4.78 is 45.9. The molecule has 1 aliphatic rings. The van der Waals surface area contributed by atoms with E-state index in [2.05, 4.69) is 10.1 Å². The highest BCUT2D eigenvalue weighted by Crippen LogP contribution is 2.34. The number of piperidine rings is 1. The maximum Gasteiger partial charge on any atom is 0.391 e. The van der Waals surface area contributed by atoms with E-state index in [0.717, 1.165) is 11.1 Å². The standard InChI is InChI=1S/C23H23F3N4O2/c1-16-11-20(28-21(12-16)32-15-17-5-3-2-4-6-17)30-14-18(13-27-30)22(31)29-9-7-19(8-10-29)23(24,25)26/h2-6,11-14,19H,7-10,15H2,1H3. The number of hydrogen-bond donors (Lipinski definition) is 0. The van der Waals surface area contributed by atoms with Gasteiger partial charge in [0.1, 0.15) is 6.61 Å². The van der Waals surface area contributed by atoms with Crippen LogP contribution in [0.2, 0.25) is 0 Å². The van der Waals surface area contributed by atoms with Crippen LogP contribution in [0.1, 0.15) is 34.3 Å². The van der Waals surface area contributed by atoms with Crippen molar-refractivity contribution < 1.29 is 22.7 Å². The quantitative estimate of drug-likeness (QED) is 0.579. The molecule has 0 saturated carbocycles. The fourth-order valence-electron chi connectivity index (χ4n) is 3.69. The number of benzene rings is 1. The van der Waals surface area contributed by atoms with Crippen molar-refractivity contribution in [2.45, 2.75) is 32.5 Å². The predicted octanol–water partition coefficient (Wildman–Crippen LogP) is 4.57. The van der Waals surface area contributed by atoms with Crippen molar-refractivity contribution in [3.8, 4) is 11.7 Å². The van der Waals surface area contributed by atoms with Crippen LogP contribution in [0, 0.1) is 12.8 Å². The summed E-state index contributed by atoms with van der Waals surface area (Å²) in [7, 11) is 0. The Morgan fingerprint density at radius 1 is 1.16 bits per heavy atom. The Hall–Kier alpha value is -3.36. The molecule has 0 bridgehead atoms. The van der Waals surface area contributed by atoms with Crippen molar-refractivity contribution in [3.63, 3.8) is 0 Å². The van der Waals surface area contributed by atoms with E-state index in [0.29, 0.717) is 23.9 Å². The first-order valence-corrected chi connectivity index (χ1v) is 10.4. The molecule has 1 aliphatic heterocycles. The van der Waals surface area contributed by atoms with Crippen LogP contribution in [0.5, 0.6) is 5.88 Å². The first kappa shape index (κ1) is 21.9. The van der Waals surface area contributed by atoms with Crippen LogP contribution in [0.3, 0.4) is 0 Å². The average Bonchev–Trinajstić information content (AvgIpc) is 3.27. The van der Waals surface area contributed by atoms with Crippen molar-refractivity contribution >= 4 is 5.91 Å². The van der Waals surface area contributed by atoms with Crippen LogP contribution >= 0.6 is 0 Å². The molecule has 1 amide bonds. The van der Waals surface area contributed by atoms with Gasteiger partial charge in [0.25, 0.3) is 5.91 Å². The summed E-state index contributed by atoms with van der Waals surface area (Å²) in [6.45, 7) is 2.43. The zero-order valence-corrected chi connectivity index (χ0v) is 17.5. The van der Waals surface area contributed by atoms with E-state index in [1.807, 2.05) is 49.4 Å². The molecule has 32 heavy (non-hydrogen) atoms. The molecule has 3 aromatic rings. The summed E-state index contributed by atoms with van der Waals surface area (Å²) in [5.74, 6) is -0.755. The molecule has 0 aliphatic carbocycles. The van der Waals surface area contributed by atoms with Gasteiger partial charge in [0.15, 0.2) is 5.82 Å². The van der Waals surface area contributed by atoms with Crippen LogP contribution in [-0.2, 0) is 6.61 Å². The first-order chi connectivity index (χ1) is 15.3. The maximum absolute atomic E-state index is 12.9. The Balaban J connectivity index is 1.44. The van der Waals surface area contributed by atoms with Gasteiger partial charge in [0.2, 0.25) is 5.88 Å². The fourth-order valence-corrected chi connectivity index (χ4v) is 3.69. The molecule has 1 saturated heterocycles. The van der Waals surface area contributed by atoms with Crippen LogP contribution in [0.25, 0.3) is 5.82 Å². The topological polar surface area (TPSA) is 60.3 Å². The van der Waals surface area contributed by atoms with Gasteiger partial charge >= 0.3 is 6.18 Å². The number of aryl methyl sites for hydroxylation is 1. The molecule has 0 N–H and O–H groups in total. The molecule has 0 unspecified atom stereocenters. The zero-order chi connectivity index (χ0) is 22.7. The minimum Gasteiger partial charge on any atom is -0.473 e. The van der Waals surface area contributed by atoms with Gasteiger partial charge in [-0.2, -0.15) is 23.3 Å². The second kappa shape index (κ2) is 9.02. The molecule has 6 nitrogen and oxygen atoms in total. The number of pyridine rings is 1. The van der Waals surface area contributed by atoms with Crippen molar-refractivity contribution in [2.24, 2.45) is 5.92 Å². The summed E-state index contributed by atoms with van der Waals surface area (Å²) in [6.07, 6.45) is -1.42. The van der Waals surface area contributed by atoms with Gasteiger partial charge in [-0.15, -0.1) is 0 Å². The Labute approximate surface area is 183 Å². The summed E-state index contributed by atoms with van der Waals surface area (Å²) >= 11 is 0. The summed E-state index contributed by atoms with van der Waals surface area (Å²) in [5, 5.41) is 4.23. The van der Waals surface area contributed by atoms with Crippen molar-refractivity contribution in [1.29, 1.82) is 0 Å². The number of amides is 1. The van der Waals surface area contributed by atoms with Gasteiger partial charge in [-0.3, -0.25) is 4.79 Å². The van der Waals surface area contributed by atoms with E-state index in [1.54, 1.807) is 6.20 Å². The van der Waals surface area contributed by atoms with Gasteiger partial charge in [-0.05, 0) is 37.0 Å². The highest BCUT2D eigenvalue weighted by atomic mass is 19.4. The van der Waals surface area contributed by atoms with Gasteiger partial charge in [0, 0.05) is 25.4 Å². The molecule has 168 valence electrons. The molecular weight excluding hydrogens is 421 g/mol. The Bertz CT molecular complexity index is 1070. The largest absolute Gasteiger partial charge is 0.473 e. The SMILES string of the molecule is Cc1cc(OCc2ccccc2)nc(-n2cc(C(=O)N3CCC(C(F)(F)F)CC3)cn2)c1. The van der Waals surface area contributed by atoms with Crippen LogP contribution in [0.4, 0.5) is 13.2 Å². The number of likely N-dealkylation sites (tertiary alicyclic amines) is 1. The van der Waals surface area contributed by atoms with E-state index < -0.39 is 12.1 Å². The van der Waals surface area contributed by atoms with Gasteiger partial charge < -0.3 is 9.64 Å². The molecule has 1 fully saturated rings. The fraction of sp³-hybridized carbons (Fsp3) is 0.348. The molecule has 2 aromatic heterocycles. The lowest BCUT2D eigenvalue weighted by Gasteiger charge is -2.32. The molecule has 0 radical (unpaired) electrons. The summed E-state index contributed by atoms with van der Waals surface area (Å²) in [6, 6.07) is 13.3. The van der Waals surface area contributed by atoms with E-state index in [4.69, 9.17) is 4.74 Å². The number of alkyl halides is 3. The Morgan fingerprint density at radius 2 is 1.88 bits per heavy atom. The van der Waals surface area contributed by atoms with Gasteiger partial charge in [-0.25, -0.2) is 4.68 Å². The summed E-state index contributed by atoms with van der Waals surface area (Å²) in [4.78, 5) is 18.7. The third-order valence-electron chi connectivity index (χ3n) is 5.47. The number of halogens is 3. The lowest BCUT2D eigenvalue weighted by Crippen LogP contribution is -2.42. The number of hydrogen-bond acceptors (Lipinski definition) is 4. The lowest BCUT2D eigenvalue weighted by atomic mass is 9.96. The second-order valence-electron chi connectivity index (χ2n) is 7.90. The number of carbonyl (C=O) groups excluding carboxylic acids is 1. The minimum absolute atomic E-state index is 0.0777. The molecule has 1 aromatic carbocycles. The lowest BCUT2D eigenvalue weighted by molar-refractivity contribution is -0.183. The summed E-state index contributed by atoms with van der Waals surface area (Å²) in [5.41, 5.74) is 2.24. The van der Waals surface area contributed by atoms with E-state index >= 15 is 0 Å². The molecule has 0 atom stereocenters. The zero-order valence-electron chi connectivity index (χ0n) is 17.5. The number of aromatic nitrogens is 3. The van der Waals surface area contributed by atoms with E-state index in [1.165, 1.54) is 15.8 Å². The highest BCUT2D eigenvalue weighted by Gasteiger charge is 2.41. The molecule has 0 spiro atoms. The second-order valence-corrected chi connectivity index (χ2v) is 7.90. The Kier molecular flexibility index (Phi) is 6.16. The van der Waals surface area contributed by atoms with Crippen molar-refractivity contribution in [3.05, 3.63) is 71.5 Å². The van der Waals surface area contributed by atoms with Crippen molar-refractivity contribution in [2.75, 3.05) is 13.1 Å². The van der Waals surface area contributed by atoms with E-state index in [9.17, 15) is 18.0 Å². The average molecular weight is 444 g/mol. The number of rotatable bonds is 5. The highest BCUT2D eigenvalue weighted by molar-refractivity contribution is 5.93. The number of carbonyl (C=O) groups is 1. The first-order valence-electron chi connectivity index (χ1n) is 10.4. The minimum atomic E-state index is -4.21. The Morgan fingerprint density at radius 3 is 2.56 bits per heavy atom. The molecule has 3 heterocycles. The third kappa shape index (κ3) is 5.09.